The van der Waals surface area contributed by atoms with Crippen molar-refractivity contribution in [3.05, 3.63) is 24.3 Å². The number of aliphatic hydroxyl groups is 2. The molecule has 1 rings (SSSR count). The second-order valence-electron chi connectivity index (χ2n) is 7.98. The summed E-state index contributed by atoms with van der Waals surface area (Å²) in [7, 11) is 0. The molecule has 1 fully saturated rings. The Bertz CT molecular complexity index is 545. The van der Waals surface area contributed by atoms with Crippen molar-refractivity contribution >= 4 is 23.5 Å². The van der Waals surface area contributed by atoms with E-state index in [1.807, 2.05) is 12.2 Å². The van der Waals surface area contributed by atoms with Crippen LogP contribution in [0.4, 0.5) is 0 Å². The van der Waals surface area contributed by atoms with Gasteiger partial charge in [-0.25, -0.2) is 4.79 Å². The predicted octanol–water partition coefficient (Wildman–Crippen LogP) is 4.23. The summed E-state index contributed by atoms with van der Waals surface area (Å²) in [6.45, 7) is 4.55. The van der Waals surface area contributed by atoms with Crippen LogP contribution in [-0.2, 0) is 9.59 Å². The van der Waals surface area contributed by atoms with Gasteiger partial charge >= 0.3 is 5.97 Å². The van der Waals surface area contributed by atoms with Crippen LogP contribution in [0.5, 0.6) is 0 Å². The highest BCUT2D eigenvalue weighted by molar-refractivity contribution is 8.00. The number of hydrogen-bond donors (Lipinski definition) is 3. The van der Waals surface area contributed by atoms with Gasteiger partial charge in [0, 0.05) is 23.3 Å². The lowest BCUT2D eigenvalue weighted by Gasteiger charge is -2.20. The molecule has 1 aliphatic carbocycles. The molecule has 1 unspecified atom stereocenters. The Morgan fingerprint density at radius 2 is 2.03 bits per heavy atom. The topological polar surface area (TPSA) is 94.8 Å². The summed E-state index contributed by atoms with van der Waals surface area (Å²) in [5.74, 6) is 0.307. The van der Waals surface area contributed by atoms with Crippen LogP contribution < -0.4 is 0 Å². The van der Waals surface area contributed by atoms with Crippen LogP contribution in [0.2, 0.25) is 0 Å². The van der Waals surface area contributed by atoms with Crippen molar-refractivity contribution in [3.8, 4) is 0 Å². The number of Topliss-reactive ketones (excluding diaryl/α,β-unsaturated/α-hetero) is 1. The molecule has 0 amide bonds. The van der Waals surface area contributed by atoms with Gasteiger partial charge in [-0.05, 0) is 37.5 Å². The fraction of sp³-hybridized carbons (Fsp3) is 0.739. The van der Waals surface area contributed by atoms with Crippen LogP contribution in [0.1, 0.15) is 65.2 Å². The minimum absolute atomic E-state index is 0.0640. The van der Waals surface area contributed by atoms with E-state index in [0.29, 0.717) is 30.9 Å². The maximum atomic E-state index is 12.6. The zero-order valence-electron chi connectivity index (χ0n) is 17.8. The molecule has 0 radical (unpaired) electrons. The van der Waals surface area contributed by atoms with E-state index in [1.165, 1.54) is 19.3 Å². The number of ketones is 1. The smallest absolute Gasteiger partial charge is 0.332 e. The fourth-order valence-corrected chi connectivity index (χ4v) is 4.94. The number of hydrogen-bond acceptors (Lipinski definition) is 5. The minimum atomic E-state index is -1.34. The third-order valence-corrected chi connectivity index (χ3v) is 6.83. The molecule has 0 aromatic heterocycles. The second-order valence-corrected chi connectivity index (χ2v) is 9.33. The summed E-state index contributed by atoms with van der Waals surface area (Å²) in [5.41, 5.74) is 0. The lowest BCUT2D eigenvalue weighted by molar-refractivity contribution is -0.146. The maximum Gasteiger partial charge on any atom is 0.332 e. The quantitative estimate of drug-likeness (QED) is 0.268. The van der Waals surface area contributed by atoms with Gasteiger partial charge in [0.25, 0.3) is 0 Å². The molecule has 0 spiro atoms. The van der Waals surface area contributed by atoms with Crippen LogP contribution in [0, 0.1) is 17.8 Å². The molecule has 3 N–H and O–H groups in total. The normalized spacial score (nSPS) is 24.6. The predicted molar refractivity (Wildman–Crippen MR) is 119 cm³/mol. The summed E-state index contributed by atoms with van der Waals surface area (Å²) in [6.07, 6.45) is 13.6. The van der Waals surface area contributed by atoms with E-state index >= 15 is 0 Å². The Balaban J connectivity index is 2.67. The zero-order chi connectivity index (χ0) is 21.6. The van der Waals surface area contributed by atoms with Gasteiger partial charge in [0.2, 0.25) is 0 Å². The lowest BCUT2D eigenvalue weighted by atomic mass is 9.90. The van der Waals surface area contributed by atoms with E-state index in [0.717, 1.165) is 6.42 Å². The molecule has 5 atom stereocenters. The van der Waals surface area contributed by atoms with Crippen LogP contribution in [-0.4, -0.2) is 50.8 Å². The van der Waals surface area contributed by atoms with Gasteiger partial charge in [0.05, 0.1) is 6.61 Å². The highest BCUT2D eigenvalue weighted by atomic mass is 32.2. The number of thioether (sulfide) groups is 1. The van der Waals surface area contributed by atoms with Crippen LogP contribution in [0.25, 0.3) is 0 Å². The summed E-state index contributed by atoms with van der Waals surface area (Å²) in [5, 5.41) is 27.4. The van der Waals surface area contributed by atoms with Crippen molar-refractivity contribution in [2.75, 3.05) is 12.4 Å². The summed E-state index contributed by atoms with van der Waals surface area (Å²) >= 11 is 1.68. The first-order chi connectivity index (χ1) is 13.9. The Morgan fingerprint density at radius 1 is 1.28 bits per heavy atom. The number of carbonyl (C=O) groups excluding carboxylic acids is 1. The van der Waals surface area contributed by atoms with E-state index in [1.54, 1.807) is 11.8 Å². The molecule has 5 nitrogen and oxygen atoms in total. The van der Waals surface area contributed by atoms with Crippen molar-refractivity contribution in [1.82, 2.24) is 0 Å². The van der Waals surface area contributed by atoms with E-state index in [4.69, 9.17) is 5.11 Å². The van der Waals surface area contributed by atoms with E-state index in [2.05, 4.69) is 26.0 Å². The number of aliphatic hydroxyl groups excluding tert-OH is 2. The van der Waals surface area contributed by atoms with Crippen molar-refractivity contribution in [2.45, 2.75) is 76.6 Å². The molecule has 166 valence electrons. The maximum absolute atomic E-state index is 12.6. The van der Waals surface area contributed by atoms with E-state index in [9.17, 15) is 19.8 Å². The molecule has 0 bridgehead atoms. The molecule has 0 aliphatic heterocycles. The molecule has 29 heavy (non-hydrogen) atoms. The molecule has 6 heteroatoms. The Labute approximate surface area is 179 Å². The van der Waals surface area contributed by atoms with Crippen LogP contribution in [0.15, 0.2) is 24.3 Å². The number of unbranched alkanes of at least 4 members (excludes halogenated alkanes) is 2. The number of allylic oxidation sites excluding steroid dienone is 4. The largest absolute Gasteiger partial charge is 0.479 e. The van der Waals surface area contributed by atoms with Gasteiger partial charge in [-0.2, -0.15) is 11.8 Å². The molecule has 0 aromatic rings. The first-order valence-corrected chi connectivity index (χ1v) is 11.9. The standard InChI is InChI=1S/C23H38O5S/c1-3-4-6-9-17(2)12-13-19-18(21(26)16-22(19)29-15-14-24)10-7-5-8-11-20(25)23(27)28/h5,7,12-13,17-20,22,24-25H,3-4,6,8-11,14-16H2,1-2H3,(H,27,28)/b7-5-,13-12+/t17-,18-,19-,20?,22-/m1/s1. The lowest BCUT2D eigenvalue weighted by Crippen LogP contribution is -2.18. The number of carbonyl (C=O) groups is 2. The average molecular weight is 427 g/mol. The SMILES string of the molecule is CCCCC[C@@H](C)/C=C/[C@H]1[C@H](SCCO)CC(=O)[C@@H]1C/C=C\CCC(O)C(=O)O. The van der Waals surface area contributed by atoms with Gasteiger partial charge < -0.3 is 15.3 Å². The highest BCUT2D eigenvalue weighted by Gasteiger charge is 2.40. The Morgan fingerprint density at radius 3 is 2.69 bits per heavy atom. The third-order valence-electron chi connectivity index (χ3n) is 5.51. The Hall–Kier alpha value is -1.11. The molecule has 0 saturated heterocycles. The van der Waals surface area contributed by atoms with Gasteiger partial charge in [0.15, 0.2) is 6.10 Å². The highest BCUT2D eigenvalue weighted by Crippen LogP contribution is 2.40. The molecular weight excluding hydrogens is 388 g/mol. The zero-order valence-corrected chi connectivity index (χ0v) is 18.7. The van der Waals surface area contributed by atoms with Gasteiger partial charge in [-0.3, -0.25) is 4.79 Å². The number of carboxylic acid groups (broad SMARTS) is 1. The summed E-state index contributed by atoms with van der Waals surface area (Å²) < 4.78 is 0. The molecule has 1 aliphatic rings. The fourth-order valence-electron chi connectivity index (χ4n) is 3.75. The van der Waals surface area contributed by atoms with Crippen molar-refractivity contribution in [1.29, 1.82) is 0 Å². The van der Waals surface area contributed by atoms with Crippen LogP contribution >= 0.6 is 11.8 Å². The molecule has 0 heterocycles. The van der Waals surface area contributed by atoms with E-state index in [-0.39, 0.29) is 35.9 Å². The molecule has 1 saturated carbocycles. The van der Waals surface area contributed by atoms with Crippen molar-refractivity contribution < 1.29 is 24.9 Å². The average Bonchev–Trinajstić information content (AvgIpc) is 2.98. The van der Waals surface area contributed by atoms with Crippen molar-refractivity contribution in [3.63, 3.8) is 0 Å². The first kappa shape index (κ1) is 25.9. The number of rotatable bonds is 15. The monoisotopic (exact) mass is 426 g/mol. The second kappa shape index (κ2) is 14.8. The molecular formula is C23H38O5S. The first-order valence-electron chi connectivity index (χ1n) is 10.9. The molecule has 0 aromatic carbocycles. The Kier molecular flexibility index (Phi) is 13.2. The minimum Gasteiger partial charge on any atom is -0.479 e. The third kappa shape index (κ3) is 9.96. The van der Waals surface area contributed by atoms with Gasteiger partial charge in [-0.1, -0.05) is 57.4 Å². The van der Waals surface area contributed by atoms with E-state index < -0.39 is 12.1 Å². The number of aliphatic carboxylic acids is 1. The van der Waals surface area contributed by atoms with Gasteiger partial charge in [0.1, 0.15) is 5.78 Å². The van der Waals surface area contributed by atoms with Crippen LogP contribution in [0.3, 0.4) is 0 Å². The van der Waals surface area contributed by atoms with Gasteiger partial charge in [-0.15, -0.1) is 0 Å². The van der Waals surface area contributed by atoms with Crippen molar-refractivity contribution in [2.24, 2.45) is 17.8 Å². The number of carboxylic acids is 1. The summed E-state index contributed by atoms with van der Waals surface area (Å²) in [6, 6.07) is 0. The summed E-state index contributed by atoms with van der Waals surface area (Å²) in [4.78, 5) is 23.3.